The van der Waals surface area contributed by atoms with Crippen LogP contribution >= 0.6 is 0 Å². The van der Waals surface area contributed by atoms with Crippen LogP contribution in [0.4, 0.5) is 5.69 Å². The molecule has 3 N–H and O–H groups in total. The molecule has 1 saturated heterocycles. The lowest BCUT2D eigenvalue weighted by Crippen LogP contribution is -2.48. The molecule has 1 aromatic rings. The molecule has 2 atom stereocenters. The summed E-state index contributed by atoms with van der Waals surface area (Å²) in [5.74, 6) is 0.122. The first kappa shape index (κ1) is 12.9. The van der Waals surface area contributed by atoms with Crippen molar-refractivity contribution >= 4 is 11.5 Å². The van der Waals surface area contributed by atoms with Crippen LogP contribution in [-0.2, 0) is 4.74 Å². The lowest BCUT2D eigenvalue weighted by molar-refractivity contribution is 0.0343. The monoisotopic (exact) mass is 247 g/mol. The quantitative estimate of drug-likeness (QED) is 0.619. The van der Waals surface area contributed by atoms with Gasteiger partial charge < -0.3 is 15.4 Å². The fourth-order valence-electron chi connectivity index (χ4n) is 2.35. The number of nitrogens with zero attached hydrogens (tertiary/aromatic N) is 1. The summed E-state index contributed by atoms with van der Waals surface area (Å²) in [4.78, 5) is 2.29. The van der Waals surface area contributed by atoms with E-state index in [0.717, 1.165) is 17.8 Å². The second-order valence-electron chi connectivity index (χ2n) is 5.08. The van der Waals surface area contributed by atoms with Gasteiger partial charge in [-0.15, -0.1) is 0 Å². The fourth-order valence-corrected chi connectivity index (χ4v) is 2.35. The summed E-state index contributed by atoms with van der Waals surface area (Å²) in [5.41, 5.74) is 8.71. The molecule has 0 aliphatic carbocycles. The third-order valence-electron chi connectivity index (χ3n) is 3.36. The number of benzene rings is 1. The van der Waals surface area contributed by atoms with Crippen molar-refractivity contribution in [3.05, 3.63) is 29.3 Å². The van der Waals surface area contributed by atoms with Gasteiger partial charge in [0.2, 0.25) is 0 Å². The van der Waals surface area contributed by atoms with Crippen LogP contribution in [0.2, 0.25) is 0 Å². The predicted octanol–water partition coefficient (Wildman–Crippen LogP) is 1.89. The summed E-state index contributed by atoms with van der Waals surface area (Å²) in [6.45, 7) is 7.82. The molecule has 98 valence electrons. The van der Waals surface area contributed by atoms with Crippen molar-refractivity contribution in [1.29, 1.82) is 5.41 Å². The molecular formula is C14H21N3O. The first-order valence-electron chi connectivity index (χ1n) is 6.32. The molecule has 4 heteroatoms. The van der Waals surface area contributed by atoms with Crippen molar-refractivity contribution in [2.75, 3.05) is 18.1 Å². The number of rotatable bonds is 2. The van der Waals surface area contributed by atoms with E-state index < -0.39 is 0 Å². The highest BCUT2D eigenvalue weighted by molar-refractivity contribution is 6.00. The van der Waals surface area contributed by atoms with Gasteiger partial charge in [-0.05, 0) is 38.5 Å². The maximum absolute atomic E-state index is 7.70. The molecule has 2 rings (SSSR count). The van der Waals surface area contributed by atoms with E-state index in [1.807, 2.05) is 12.1 Å². The zero-order valence-corrected chi connectivity index (χ0v) is 11.2. The highest BCUT2D eigenvalue weighted by Crippen LogP contribution is 2.26. The summed E-state index contributed by atoms with van der Waals surface area (Å²) in [6.07, 6.45) is 0.210. The van der Waals surface area contributed by atoms with E-state index in [-0.39, 0.29) is 11.9 Å². The van der Waals surface area contributed by atoms with Gasteiger partial charge in [-0.3, -0.25) is 5.41 Å². The zero-order valence-electron chi connectivity index (χ0n) is 11.2. The molecule has 1 aromatic carbocycles. The minimum atomic E-state index is 0.122. The molecule has 1 fully saturated rings. The normalized spacial score (nSPS) is 24.1. The number of hydrogen-bond acceptors (Lipinski definition) is 3. The molecule has 0 bridgehead atoms. The van der Waals surface area contributed by atoms with E-state index >= 15 is 0 Å². The summed E-state index contributed by atoms with van der Waals surface area (Å²) in [7, 11) is 0. The summed E-state index contributed by atoms with van der Waals surface area (Å²) < 4.78 is 5.65. The number of nitrogens with two attached hydrogens (primary N) is 1. The Labute approximate surface area is 108 Å². The predicted molar refractivity (Wildman–Crippen MR) is 74.4 cm³/mol. The Bertz CT molecular complexity index is 458. The largest absolute Gasteiger partial charge is 0.384 e. The molecule has 0 amide bonds. The average Bonchev–Trinajstić information content (AvgIpc) is 2.31. The Kier molecular flexibility index (Phi) is 3.57. The maximum Gasteiger partial charge on any atom is 0.124 e. The lowest BCUT2D eigenvalue weighted by atomic mass is 10.0. The average molecular weight is 247 g/mol. The Morgan fingerprint density at radius 2 is 2.17 bits per heavy atom. The minimum Gasteiger partial charge on any atom is -0.384 e. The number of hydrogen-bond donors (Lipinski definition) is 2. The van der Waals surface area contributed by atoms with E-state index in [2.05, 4.69) is 31.7 Å². The van der Waals surface area contributed by atoms with Gasteiger partial charge in [0.1, 0.15) is 5.84 Å². The van der Waals surface area contributed by atoms with Gasteiger partial charge in [0.15, 0.2) is 0 Å². The molecule has 18 heavy (non-hydrogen) atoms. The first-order valence-corrected chi connectivity index (χ1v) is 6.32. The second kappa shape index (κ2) is 4.98. The van der Waals surface area contributed by atoms with Gasteiger partial charge in [-0.25, -0.2) is 0 Å². The Hall–Kier alpha value is -1.55. The molecule has 0 aromatic heterocycles. The summed E-state index contributed by atoms with van der Waals surface area (Å²) in [5, 5.41) is 7.70. The summed E-state index contributed by atoms with van der Waals surface area (Å²) >= 11 is 0. The molecule has 4 nitrogen and oxygen atoms in total. The molecule has 0 radical (unpaired) electrons. The van der Waals surface area contributed by atoms with Crippen molar-refractivity contribution < 1.29 is 4.74 Å². The summed E-state index contributed by atoms with van der Waals surface area (Å²) in [6, 6.07) is 6.33. The smallest absolute Gasteiger partial charge is 0.124 e. The van der Waals surface area contributed by atoms with Gasteiger partial charge in [-0.1, -0.05) is 6.07 Å². The van der Waals surface area contributed by atoms with Crippen LogP contribution < -0.4 is 10.6 Å². The van der Waals surface area contributed by atoms with E-state index in [4.69, 9.17) is 15.9 Å². The first-order chi connectivity index (χ1) is 8.49. The second-order valence-corrected chi connectivity index (χ2v) is 5.08. The van der Waals surface area contributed by atoms with E-state index in [1.54, 1.807) is 0 Å². The van der Waals surface area contributed by atoms with Crippen molar-refractivity contribution in [1.82, 2.24) is 0 Å². The number of amidine groups is 1. The van der Waals surface area contributed by atoms with Crippen LogP contribution in [0.3, 0.4) is 0 Å². The van der Waals surface area contributed by atoms with Crippen molar-refractivity contribution in [3.8, 4) is 0 Å². The Balaban J connectivity index is 2.41. The van der Waals surface area contributed by atoms with Crippen LogP contribution in [0, 0.1) is 12.3 Å². The van der Waals surface area contributed by atoms with Crippen molar-refractivity contribution in [3.63, 3.8) is 0 Å². The number of morpholine rings is 1. The van der Waals surface area contributed by atoms with Crippen LogP contribution in [0.25, 0.3) is 0 Å². The van der Waals surface area contributed by atoms with Crippen molar-refractivity contribution in [2.45, 2.75) is 32.9 Å². The van der Waals surface area contributed by atoms with E-state index in [9.17, 15) is 0 Å². The maximum atomic E-state index is 7.70. The molecular weight excluding hydrogens is 226 g/mol. The topological polar surface area (TPSA) is 62.3 Å². The lowest BCUT2D eigenvalue weighted by Gasteiger charge is -2.39. The van der Waals surface area contributed by atoms with Crippen LogP contribution in [-0.4, -0.2) is 31.1 Å². The third kappa shape index (κ3) is 2.48. The van der Waals surface area contributed by atoms with Gasteiger partial charge >= 0.3 is 0 Å². The van der Waals surface area contributed by atoms with Crippen LogP contribution in [0.15, 0.2) is 18.2 Å². The fraction of sp³-hybridized carbons (Fsp3) is 0.500. The molecule has 2 unspecified atom stereocenters. The Morgan fingerprint density at radius 1 is 1.44 bits per heavy atom. The van der Waals surface area contributed by atoms with E-state index in [1.165, 1.54) is 5.56 Å². The SMILES string of the molecule is Cc1ccc(C(=N)N)c(N2CC(C)OCC2C)c1. The van der Waals surface area contributed by atoms with E-state index in [0.29, 0.717) is 12.6 Å². The molecule has 1 aliphatic heterocycles. The number of anilines is 1. The Morgan fingerprint density at radius 3 is 2.83 bits per heavy atom. The van der Waals surface area contributed by atoms with Crippen molar-refractivity contribution in [2.24, 2.45) is 5.73 Å². The van der Waals surface area contributed by atoms with Gasteiger partial charge in [0.25, 0.3) is 0 Å². The number of ether oxygens (including phenoxy) is 1. The number of nitrogen functional groups attached to an aromatic ring is 1. The minimum absolute atomic E-state index is 0.122. The molecule has 0 saturated carbocycles. The standard InChI is InChI=1S/C14H21N3O/c1-9-4-5-12(14(15)16)13(6-9)17-7-11(3)18-8-10(17)2/h4-6,10-11H,7-8H2,1-3H3,(H3,15,16). The van der Waals surface area contributed by atoms with Gasteiger partial charge in [0.05, 0.1) is 12.7 Å². The molecule has 1 heterocycles. The highest BCUT2D eigenvalue weighted by Gasteiger charge is 2.25. The number of aryl methyl sites for hydroxylation is 1. The van der Waals surface area contributed by atoms with Crippen LogP contribution in [0.5, 0.6) is 0 Å². The van der Waals surface area contributed by atoms with Gasteiger partial charge in [0, 0.05) is 23.8 Å². The highest BCUT2D eigenvalue weighted by atomic mass is 16.5. The number of nitrogens with one attached hydrogen (secondary N) is 1. The molecule has 1 aliphatic rings. The molecule has 0 spiro atoms. The van der Waals surface area contributed by atoms with Gasteiger partial charge in [-0.2, -0.15) is 0 Å². The zero-order chi connectivity index (χ0) is 13.3. The third-order valence-corrected chi connectivity index (χ3v) is 3.36. The van der Waals surface area contributed by atoms with Crippen LogP contribution in [0.1, 0.15) is 25.0 Å².